The fraction of sp³-hybridized carbons (Fsp3) is 0.143. The van der Waals surface area contributed by atoms with Gasteiger partial charge < -0.3 is 15.1 Å². The molecular formula is C14H12N2O5. The molecule has 1 aromatic carbocycles. The summed E-state index contributed by atoms with van der Waals surface area (Å²) in [5.41, 5.74) is 0.0376. The van der Waals surface area contributed by atoms with Gasteiger partial charge in [-0.2, -0.15) is 0 Å². The molecule has 0 unspecified atom stereocenters. The van der Waals surface area contributed by atoms with Crippen molar-refractivity contribution in [1.82, 2.24) is 9.88 Å². The van der Waals surface area contributed by atoms with E-state index in [0.29, 0.717) is 5.39 Å². The summed E-state index contributed by atoms with van der Waals surface area (Å²) in [6, 6.07) is 8.69. The Hall–Kier alpha value is -2.96. The molecule has 1 aromatic heterocycles. The van der Waals surface area contributed by atoms with Gasteiger partial charge in [0.25, 0.3) is 5.91 Å². The smallest absolute Gasteiger partial charge is 0.323 e. The quantitative estimate of drug-likeness (QED) is 0.844. The van der Waals surface area contributed by atoms with Gasteiger partial charge in [0, 0.05) is 11.6 Å². The van der Waals surface area contributed by atoms with Crippen LogP contribution in [0.2, 0.25) is 0 Å². The minimum Gasteiger partial charge on any atom is -0.480 e. The number of hydrogen-bond acceptors (Lipinski definition) is 4. The molecule has 0 spiro atoms. The molecule has 0 saturated heterocycles. The number of fused-ring (bicyclic) bond motifs is 1. The molecule has 2 aromatic rings. The molecule has 7 nitrogen and oxygen atoms in total. The summed E-state index contributed by atoms with van der Waals surface area (Å²) in [4.78, 5) is 38.6. The van der Waals surface area contributed by atoms with Gasteiger partial charge in [0.2, 0.25) is 0 Å². The molecule has 2 N–H and O–H groups in total. The van der Waals surface area contributed by atoms with Crippen molar-refractivity contribution in [1.29, 1.82) is 0 Å². The van der Waals surface area contributed by atoms with Crippen LogP contribution in [0.5, 0.6) is 0 Å². The van der Waals surface area contributed by atoms with E-state index in [1.807, 2.05) is 0 Å². The van der Waals surface area contributed by atoms with Crippen LogP contribution in [0.4, 0.5) is 0 Å². The number of aromatic nitrogens is 1. The van der Waals surface area contributed by atoms with Crippen LogP contribution < -0.4 is 0 Å². The van der Waals surface area contributed by atoms with E-state index in [9.17, 15) is 14.4 Å². The summed E-state index contributed by atoms with van der Waals surface area (Å²) in [5.74, 6) is -3.30. The highest BCUT2D eigenvalue weighted by Gasteiger charge is 2.23. The summed E-state index contributed by atoms with van der Waals surface area (Å²) < 4.78 is 0. The molecule has 21 heavy (non-hydrogen) atoms. The molecule has 0 aliphatic heterocycles. The zero-order valence-corrected chi connectivity index (χ0v) is 10.9. The number of carbonyl (C=O) groups excluding carboxylic acids is 1. The van der Waals surface area contributed by atoms with Crippen molar-refractivity contribution in [3.8, 4) is 0 Å². The molecule has 1 amide bonds. The first-order chi connectivity index (χ1) is 9.99. The highest BCUT2D eigenvalue weighted by Crippen LogP contribution is 2.17. The SMILES string of the molecule is O=C(O)CN(CC(=O)O)C(=O)c1nccc2ccccc12. The first-order valence-electron chi connectivity index (χ1n) is 6.05. The molecule has 0 fully saturated rings. The van der Waals surface area contributed by atoms with Gasteiger partial charge in [-0.25, -0.2) is 0 Å². The second-order valence-corrected chi connectivity index (χ2v) is 4.33. The van der Waals surface area contributed by atoms with E-state index in [1.54, 1.807) is 30.3 Å². The Morgan fingerprint density at radius 3 is 2.24 bits per heavy atom. The highest BCUT2D eigenvalue weighted by atomic mass is 16.4. The number of rotatable bonds is 5. The predicted molar refractivity (Wildman–Crippen MR) is 72.9 cm³/mol. The number of nitrogens with zero attached hydrogens (tertiary/aromatic N) is 2. The van der Waals surface area contributed by atoms with E-state index < -0.39 is 30.9 Å². The lowest BCUT2D eigenvalue weighted by Crippen LogP contribution is -2.39. The van der Waals surface area contributed by atoms with Crippen molar-refractivity contribution in [2.75, 3.05) is 13.1 Å². The number of benzene rings is 1. The van der Waals surface area contributed by atoms with E-state index in [4.69, 9.17) is 10.2 Å². The molecule has 2 rings (SSSR count). The Balaban J connectivity index is 2.42. The van der Waals surface area contributed by atoms with Crippen LogP contribution in [0.25, 0.3) is 10.8 Å². The first-order valence-corrected chi connectivity index (χ1v) is 6.05. The van der Waals surface area contributed by atoms with Crippen LogP contribution in [-0.4, -0.2) is 51.0 Å². The van der Waals surface area contributed by atoms with Gasteiger partial charge in [0.05, 0.1) is 0 Å². The first kappa shape index (κ1) is 14.4. The summed E-state index contributed by atoms with van der Waals surface area (Å²) in [6.45, 7) is -1.40. The topological polar surface area (TPSA) is 108 Å². The predicted octanol–water partition coefficient (Wildman–Crippen LogP) is 0.846. The average Bonchev–Trinajstić information content (AvgIpc) is 2.44. The Morgan fingerprint density at radius 2 is 1.62 bits per heavy atom. The van der Waals surface area contributed by atoms with E-state index in [2.05, 4.69) is 4.98 Å². The third-order valence-electron chi connectivity index (χ3n) is 2.82. The lowest BCUT2D eigenvalue weighted by molar-refractivity contribution is -0.140. The van der Waals surface area contributed by atoms with Crippen molar-refractivity contribution in [3.63, 3.8) is 0 Å². The number of carbonyl (C=O) groups is 3. The molecule has 0 atom stereocenters. The minimum atomic E-state index is -1.29. The van der Waals surface area contributed by atoms with E-state index in [-0.39, 0.29) is 5.69 Å². The number of aliphatic carboxylic acids is 2. The Labute approximate surface area is 119 Å². The van der Waals surface area contributed by atoms with Gasteiger partial charge >= 0.3 is 11.9 Å². The number of amides is 1. The van der Waals surface area contributed by atoms with Crippen LogP contribution >= 0.6 is 0 Å². The second kappa shape index (κ2) is 6.00. The molecule has 0 radical (unpaired) electrons. The maximum absolute atomic E-state index is 12.4. The van der Waals surface area contributed by atoms with Crippen LogP contribution in [0, 0.1) is 0 Å². The van der Waals surface area contributed by atoms with Gasteiger partial charge in [0.15, 0.2) is 0 Å². The van der Waals surface area contributed by atoms with E-state index in [0.717, 1.165) is 10.3 Å². The lowest BCUT2D eigenvalue weighted by atomic mass is 10.1. The van der Waals surface area contributed by atoms with Crippen LogP contribution in [0.1, 0.15) is 10.5 Å². The Kier molecular flexibility index (Phi) is 4.13. The second-order valence-electron chi connectivity index (χ2n) is 4.33. The normalized spacial score (nSPS) is 10.3. The number of carboxylic acid groups (broad SMARTS) is 2. The summed E-state index contributed by atoms with van der Waals surface area (Å²) in [7, 11) is 0. The van der Waals surface area contributed by atoms with Crippen LogP contribution in [0.3, 0.4) is 0 Å². The van der Waals surface area contributed by atoms with E-state index >= 15 is 0 Å². The molecule has 108 valence electrons. The summed E-state index contributed by atoms with van der Waals surface area (Å²) in [5, 5.41) is 18.9. The third-order valence-corrected chi connectivity index (χ3v) is 2.82. The monoisotopic (exact) mass is 288 g/mol. The number of pyridine rings is 1. The van der Waals surface area contributed by atoms with Crippen molar-refractivity contribution < 1.29 is 24.6 Å². The van der Waals surface area contributed by atoms with Crippen LogP contribution in [-0.2, 0) is 9.59 Å². The Morgan fingerprint density at radius 1 is 1.00 bits per heavy atom. The van der Waals surface area contributed by atoms with Gasteiger partial charge in [-0.05, 0) is 11.5 Å². The fourth-order valence-electron chi connectivity index (χ4n) is 1.97. The number of hydrogen-bond donors (Lipinski definition) is 2. The van der Waals surface area contributed by atoms with Gasteiger partial charge in [-0.1, -0.05) is 24.3 Å². The zero-order chi connectivity index (χ0) is 15.4. The van der Waals surface area contributed by atoms with Crippen molar-refractivity contribution in [2.24, 2.45) is 0 Å². The summed E-state index contributed by atoms with van der Waals surface area (Å²) in [6.07, 6.45) is 1.43. The molecule has 0 saturated carbocycles. The van der Waals surface area contributed by atoms with Crippen molar-refractivity contribution in [3.05, 3.63) is 42.2 Å². The Bertz CT molecular complexity index is 692. The summed E-state index contributed by atoms with van der Waals surface area (Å²) >= 11 is 0. The average molecular weight is 288 g/mol. The van der Waals surface area contributed by atoms with Gasteiger partial charge in [-0.15, -0.1) is 0 Å². The molecular weight excluding hydrogens is 276 g/mol. The molecule has 0 aliphatic carbocycles. The van der Waals surface area contributed by atoms with Crippen LogP contribution in [0.15, 0.2) is 36.5 Å². The molecule has 0 aliphatic rings. The van der Waals surface area contributed by atoms with Gasteiger partial charge in [-0.3, -0.25) is 19.4 Å². The van der Waals surface area contributed by atoms with Crippen molar-refractivity contribution >= 4 is 28.6 Å². The third kappa shape index (κ3) is 3.33. The molecule has 0 bridgehead atoms. The maximum atomic E-state index is 12.4. The standard InChI is InChI=1S/C14H12N2O5/c17-11(18)7-16(8-12(19)20)14(21)13-10-4-2-1-3-9(10)5-6-15-13/h1-6H,7-8H2,(H,17,18)(H,19,20). The fourth-order valence-corrected chi connectivity index (χ4v) is 1.97. The van der Waals surface area contributed by atoms with Gasteiger partial charge in [0.1, 0.15) is 18.8 Å². The molecule has 7 heteroatoms. The van der Waals surface area contributed by atoms with Crippen molar-refractivity contribution in [2.45, 2.75) is 0 Å². The number of carboxylic acids is 2. The highest BCUT2D eigenvalue weighted by molar-refractivity contribution is 6.06. The van der Waals surface area contributed by atoms with E-state index in [1.165, 1.54) is 6.20 Å². The largest absolute Gasteiger partial charge is 0.480 e. The lowest BCUT2D eigenvalue weighted by Gasteiger charge is -2.18. The zero-order valence-electron chi connectivity index (χ0n) is 10.9. The minimum absolute atomic E-state index is 0.0376. The maximum Gasteiger partial charge on any atom is 0.323 e. The molecule has 1 heterocycles.